The van der Waals surface area contributed by atoms with E-state index in [1.165, 1.54) is 34.5 Å². The summed E-state index contributed by atoms with van der Waals surface area (Å²) in [6.45, 7) is 0. The molecule has 0 aliphatic carbocycles. The van der Waals surface area contributed by atoms with Gasteiger partial charge in [-0.25, -0.2) is 0 Å². The Hall–Kier alpha value is -3.09. The minimum Gasteiger partial charge on any atom is -0.508 e. The number of ketones is 1. The maximum Gasteiger partial charge on any atom is 0.204 e. The van der Waals surface area contributed by atoms with Crippen molar-refractivity contribution in [2.75, 3.05) is 28.4 Å². The van der Waals surface area contributed by atoms with Gasteiger partial charge in [0, 0.05) is 25.0 Å². The normalized spacial score (nSPS) is 15.6. The number of methoxy groups -OCH3 is 4. The lowest BCUT2D eigenvalue weighted by Gasteiger charge is -2.28. The van der Waals surface area contributed by atoms with Crippen molar-refractivity contribution in [2.24, 2.45) is 0 Å². The number of carbonyl (C=O) groups excluding carboxylic acids is 1. The van der Waals surface area contributed by atoms with Crippen LogP contribution in [0.5, 0.6) is 34.5 Å². The summed E-state index contributed by atoms with van der Waals surface area (Å²) in [6, 6.07) is 6.66. The summed E-state index contributed by atoms with van der Waals surface area (Å²) in [5.74, 6) is 1.97. The number of aromatic hydroxyl groups is 1. The minimum atomic E-state index is -0.424. The van der Waals surface area contributed by atoms with Crippen molar-refractivity contribution in [3.05, 3.63) is 35.4 Å². The van der Waals surface area contributed by atoms with Crippen LogP contribution < -0.4 is 23.7 Å². The van der Waals surface area contributed by atoms with Gasteiger partial charge in [0.05, 0.1) is 28.4 Å². The van der Waals surface area contributed by atoms with Crippen molar-refractivity contribution in [3.63, 3.8) is 0 Å². The highest BCUT2D eigenvalue weighted by Crippen LogP contribution is 2.47. The van der Waals surface area contributed by atoms with Crippen LogP contribution in [0.25, 0.3) is 0 Å². The predicted molar refractivity (Wildman–Crippen MR) is 97.8 cm³/mol. The summed E-state index contributed by atoms with van der Waals surface area (Å²) in [5.41, 5.74) is 1.01. The number of benzene rings is 2. The number of rotatable bonds is 6. The number of phenols is 1. The highest BCUT2D eigenvalue weighted by molar-refractivity contribution is 6.04. The molecule has 1 aliphatic heterocycles. The van der Waals surface area contributed by atoms with Gasteiger partial charge in [0.2, 0.25) is 5.75 Å². The first-order valence-electron chi connectivity index (χ1n) is 8.41. The Morgan fingerprint density at radius 2 is 1.78 bits per heavy atom. The Bertz CT molecular complexity index is 860. The van der Waals surface area contributed by atoms with Crippen LogP contribution in [0.3, 0.4) is 0 Å². The fourth-order valence-corrected chi connectivity index (χ4v) is 3.22. The Labute approximate surface area is 157 Å². The van der Waals surface area contributed by atoms with Crippen LogP contribution in [0.15, 0.2) is 24.3 Å². The molecule has 0 aromatic heterocycles. The summed E-state index contributed by atoms with van der Waals surface area (Å²) < 4.78 is 27.2. The lowest BCUT2D eigenvalue weighted by molar-refractivity contribution is 0.0842. The van der Waals surface area contributed by atoms with Gasteiger partial charge in [0.15, 0.2) is 17.3 Å². The number of hydrogen-bond donors (Lipinski definition) is 1. The van der Waals surface area contributed by atoms with Gasteiger partial charge in [-0.1, -0.05) is 6.07 Å². The van der Waals surface area contributed by atoms with Gasteiger partial charge in [-0.3, -0.25) is 4.79 Å². The molecule has 0 fully saturated rings. The van der Waals surface area contributed by atoms with Crippen LogP contribution >= 0.6 is 0 Å². The molecule has 1 aliphatic rings. The van der Waals surface area contributed by atoms with E-state index in [4.69, 9.17) is 23.7 Å². The Kier molecular flexibility index (Phi) is 5.30. The van der Waals surface area contributed by atoms with Crippen molar-refractivity contribution in [3.8, 4) is 34.5 Å². The first-order valence-corrected chi connectivity index (χ1v) is 8.41. The first-order chi connectivity index (χ1) is 13.0. The van der Waals surface area contributed by atoms with Gasteiger partial charge in [-0.15, -0.1) is 0 Å². The average Bonchev–Trinajstić information content (AvgIpc) is 2.67. The van der Waals surface area contributed by atoms with Gasteiger partial charge in [-0.05, 0) is 11.6 Å². The lowest BCUT2D eigenvalue weighted by Crippen LogP contribution is -2.29. The van der Waals surface area contributed by atoms with Crippen LogP contribution in [0, 0.1) is 0 Å². The van der Waals surface area contributed by atoms with E-state index in [0.29, 0.717) is 46.3 Å². The van der Waals surface area contributed by atoms with Crippen molar-refractivity contribution < 1.29 is 33.6 Å². The molecule has 27 heavy (non-hydrogen) atoms. The van der Waals surface area contributed by atoms with Crippen molar-refractivity contribution in [1.82, 2.24) is 0 Å². The van der Waals surface area contributed by atoms with Crippen LogP contribution in [-0.4, -0.2) is 45.4 Å². The average molecular weight is 374 g/mol. The maximum absolute atomic E-state index is 12.8. The third kappa shape index (κ3) is 3.45. The molecule has 1 heterocycles. The summed E-state index contributed by atoms with van der Waals surface area (Å²) in [4.78, 5) is 12.8. The monoisotopic (exact) mass is 374 g/mol. The molecular formula is C20H22O7. The van der Waals surface area contributed by atoms with E-state index in [1.807, 2.05) is 0 Å². The van der Waals surface area contributed by atoms with Crippen molar-refractivity contribution >= 4 is 5.78 Å². The second-order valence-corrected chi connectivity index (χ2v) is 6.08. The first kappa shape index (κ1) is 18.7. The van der Waals surface area contributed by atoms with E-state index in [2.05, 4.69) is 0 Å². The molecule has 2 aromatic rings. The number of ether oxygens (including phenoxy) is 5. The summed E-state index contributed by atoms with van der Waals surface area (Å²) in [6.07, 6.45) is 0.106. The van der Waals surface area contributed by atoms with Crippen LogP contribution in [0.2, 0.25) is 0 Å². The molecule has 7 nitrogen and oxygen atoms in total. The fraction of sp³-hybridized carbons (Fsp3) is 0.350. The molecule has 0 amide bonds. The number of carbonyl (C=O) groups is 1. The zero-order chi connectivity index (χ0) is 19.6. The number of phenolic OH excluding ortho intramolecular Hbond substituents is 1. The number of hydrogen-bond acceptors (Lipinski definition) is 7. The molecule has 0 bridgehead atoms. The van der Waals surface area contributed by atoms with Gasteiger partial charge in [0.1, 0.15) is 28.9 Å². The summed E-state index contributed by atoms with van der Waals surface area (Å²) in [7, 11) is 5.98. The number of Topliss-reactive ketones (excluding diaryl/α,β-unsaturated/α-hetero) is 1. The molecule has 0 saturated carbocycles. The van der Waals surface area contributed by atoms with E-state index >= 15 is 0 Å². The Balaban J connectivity index is 1.93. The highest BCUT2D eigenvalue weighted by Gasteiger charge is 2.33. The maximum atomic E-state index is 12.8. The van der Waals surface area contributed by atoms with E-state index in [0.717, 1.165) is 0 Å². The molecular weight excluding hydrogens is 352 g/mol. The third-order valence-electron chi connectivity index (χ3n) is 4.52. The second-order valence-electron chi connectivity index (χ2n) is 6.08. The molecule has 0 saturated heterocycles. The van der Waals surface area contributed by atoms with Gasteiger partial charge in [0.25, 0.3) is 0 Å². The molecule has 1 N–H and O–H groups in total. The molecule has 3 rings (SSSR count). The molecule has 144 valence electrons. The molecule has 0 radical (unpaired) electrons. The fourth-order valence-electron chi connectivity index (χ4n) is 3.22. The van der Waals surface area contributed by atoms with Crippen LogP contribution in [0.4, 0.5) is 0 Å². The van der Waals surface area contributed by atoms with E-state index in [9.17, 15) is 9.90 Å². The molecule has 1 atom stereocenters. The second kappa shape index (κ2) is 7.65. The summed E-state index contributed by atoms with van der Waals surface area (Å²) in [5, 5.41) is 10.2. The smallest absolute Gasteiger partial charge is 0.204 e. The highest BCUT2D eigenvalue weighted by atomic mass is 16.5. The predicted octanol–water partition coefficient (Wildman–Crippen LogP) is 3.00. The van der Waals surface area contributed by atoms with Crippen LogP contribution in [0.1, 0.15) is 22.3 Å². The van der Waals surface area contributed by atoms with Crippen molar-refractivity contribution in [1.29, 1.82) is 0 Å². The number of fused-ring (bicyclic) bond motifs is 1. The van der Waals surface area contributed by atoms with E-state index in [1.54, 1.807) is 18.2 Å². The topological polar surface area (TPSA) is 83.5 Å². The van der Waals surface area contributed by atoms with Gasteiger partial charge >= 0.3 is 0 Å². The van der Waals surface area contributed by atoms with Gasteiger partial charge < -0.3 is 28.8 Å². The Morgan fingerprint density at radius 1 is 1.04 bits per heavy atom. The third-order valence-corrected chi connectivity index (χ3v) is 4.52. The standard InChI is InChI=1S/C20H22O7/c1-23-12-6-5-11(14(21)8-12)7-13-9-15(22)18-16(27-13)10-17(24-2)19(25-3)20(18)26-4/h5-6,8,10,13,21H,7,9H2,1-4H3. The molecule has 0 spiro atoms. The minimum absolute atomic E-state index is 0.0982. The molecule has 1 unspecified atom stereocenters. The lowest BCUT2D eigenvalue weighted by atomic mass is 9.95. The van der Waals surface area contributed by atoms with Crippen molar-refractivity contribution in [2.45, 2.75) is 18.9 Å². The molecule has 2 aromatic carbocycles. The Morgan fingerprint density at radius 3 is 2.37 bits per heavy atom. The SMILES string of the molecule is COc1ccc(CC2CC(=O)c3c(cc(OC)c(OC)c3OC)O2)c(O)c1. The van der Waals surface area contributed by atoms with Crippen LogP contribution in [-0.2, 0) is 6.42 Å². The largest absolute Gasteiger partial charge is 0.508 e. The molecule has 7 heteroatoms. The summed E-state index contributed by atoms with van der Waals surface area (Å²) >= 11 is 0. The zero-order valence-corrected chi connectivity index (χ0v) is 15.7. The van der Waals surface area contributed by atoms with E-state index < -0.39 is 6.10 Å². The zero-order valence-electron chi connectivity index (χ0n) is 15.7. The van der Waals surface area contributed by atoms with Gasteiger partial charge in [-0.2, -0.15) is 0 Å². The quantitative estimate of drug-likeness (QED) is 0.832. The van der Waals surface area contributed by atoms with E-state index in [-0.39, 0.29) is 18.0 Å².